The lowest BCUT2D eigenvalue weighted by Gasteiger charge is -2.16. The second kappa shape index (κ2) is 5.80. The molecule has 1 unspecified atom stereocenters. The van der Waals surface area contributed by atoms with Crippen LogP contribution < -0.4 is 5.32 Å². The first-order chi connectivity index (χ1) is 7.13. The van der Waals surface area contributed by atoms with Crippen LogP contribution in [0.5, 0.6) is 0 Å². The highest BCUT2D eigenvalue weighted by molar-refractivity contribution is 5.19. The minimum absolute atomic E-state index is 0.0538. The zero-order valence-corrected chi connectivity index (χ0v) is 8.65. The van der Waals surface area contributed by atoms with Gasteiger partial charge in [0.25, 0.3) is 0 Å². The van der Waals surface area contributed by atoms with Crippen LogP contribution in [0.15, 0.2) is 24.3 Å². The van der Waals surface area contributed by atoms with Gasteiger partial charge in [0.2, 0.25) is 0 Å². The van der Waals surface area contributed by atoms with Crippen LogP contribution in [0.25, 0.3) is 0 Å². The molecule has 0 radical (unpaired) electrons. The van der Waals surface area contributed by atoms with Crippen LogP contribution in [-0.2, 0) is 0 Å². The molecule has 4 heteroatoms. The summed E-state index contributed by atoms with van der Waals surface area (Å²) in [6.07, 6.45) is -0.777. The average molecular weight is 213 g/mol. The first-order valence-corrected chi connectivity index (χ1v) is 4.91. The summed E-state index contributed by atoms with van der Waals surface area (Å²) in [4.78, 5) is 0. The molecule has 0 aliphatic heterocycles. The summed E-state index contributed by atoms with van der Waals surface area (Å²) in [5.41, 5.74) is 0.820. The van der Waals surface area contributed by atoms with Gasteiger partial charge >= 0.3 is 0 Å². The number of aliphatic hydroxyl groups is 2. The van der Waals surface area contributed by atoms with Crippen LogP contribution >= 0.6 is 0 Å². The largest absolute Gasteiger partial charge is 0.394 e. The summed E-state index contributed by atoms with van der Waals surface area (Å²) in [5.74, 6) is -0.274. The zero-order chi connectivity index (χ0) is 11.3. The van der Waals surface area contributed by atoms with Crippen molar-refractivity contribution in [1.29, 1.82) is 0 Å². The summed E-state index contributed by atoms with van der Waals surface area (Å²) in [5, 5.41) is 20.7. The van der Waals surface area contributed by atoms with Gasteiger partial charge in [0, 0.05) is 12.6 Å². The fourth-order valence-corrected chi connectivity index (χ4v) is 1.27. The van der Waals surface area contributed by atoms with E-state index in [1.807, 2.05) is 13.0 Å². The molecule has 1 aromatic rings. The molecule has 0 saturated carbocycles. The lowest BCUT2D eigenvalue weighted by atomic mass is 10.1. The summed E-state index contributed by atoms with van der Waals surface area (Å²) in [7, 11) is 0. The van der Waals surface area contributed by atoms with Crippen molar-refractivity contribution in [2.45, 2.75) is 19.1 Å². The number of nitrogens with one attached hydrogen (secondary N) is 1. The first-order valence-electron chi connectivity index (χ1n) is 4.91. The predicted octanol–water partition coefficient (Wildman–Crippen LogP) is 0.829. The molecule has 1 aromatic carbocycles. The number of hydrogen-bond donors (Lipinski definition) is 3. The Labute approximate surface area is 88.6 Å². The molecule has 0 heterocycles. The third-order valence-corrected chi connectivity index (χ3v) is 2.22. The molecular formula is C11H16FNO2. The van der Waals surface area contributed by atoms with Crippen LogP contribution in [0.1, 0.15) is 18.5 Å². The van der Waals surface area contributed by atoms with E-state index in [1.54, 1.807) is 6.07 Å². The molecule has 3 N–H and O–H groups in total. The van der Waals surface area contributed by atoms with Crippen molar-refractivity contribution in [2.24, 2.45) is 0 Å². The maximum atomic E-state index is 12.9. The monoisotopic (exact) mass is 213 g/mol. The van der Waals surface area contributed by atoms with Crippen molar-refractivity contribution in [1.82, 2.24) is 5.32 Å². The van der Waals surface area contributed by atoms with E-state index in [-0.39, 0.29) is 25.0 Å². The molecule has 0 aromatic heterocycles. The predicted molar refractivity (Wildman–Crippen MR) is 55.9 cm³/mol. The van der Waals surface area contributed by atoms with E-state index in [0.717, 1.165) is 5.56 Å². The highest BCUT2D eigenvalue weighted by Gasteiger charge is 2.08. The number of rotatable bonds is 5. The Morgan fingerprint density at radius 1 is 1.47 bits per heavy atom. The maximum absolute atomic E-state index is 12.9. The molecule has 0 saturated heterocycles. The van der Waals surface area contributed by atoms with Gasteiger partial charge in [0.05, 0.1) is 12.7 Å². The van der Waals surface area contributed by atoms with E-state index in [4.69, 9.17) is 10.2 Å². The van der Waals surface area contributed by atoms with Crippen LogP contribution in [0.3, 0.4) is 0 Å². The van der Waals surface area contributed by atoms with E-state index >= 15 is 0 Å². The summed E-state index contributed by atoms with van der Waals surface area (Å²) >= 11 is 0. The van der Waals surface area contributed by atoms with Gasteiger partial charge < -0.3 is 15.5 Å². The van der Waals surface area contributed by atoms with Crippen molar-refractivity contribution in [2.75, 3.05) is 13.2 Å². The van der Waals surface area contributed by atoms with Crippen LogP contribution in [0, 0.1) is 5.82 Å². The van der Waals surface area contributed by atoms with Crippen molar-refractivity contribution in [3.8, 4) is 0 Å². The lowest BCUT2D eigenvalue weighted by Crippen LogP contribution is -2.31. The fourth-order valence-electron chi connectivity index (χ4n) is 1.27. The molecular weight excluding hydrogens is 197 g/mol. The van der Waals surface area contributed by atoms with Crippen LogP contribution in [-0.4, -0.2) is 29.5 Å². The van der Waals surface area contributed by atoms with Crippen molar-refractivity contribution >= 4 is 0 Å². The summed E-state index contributed by atoms with van der Waals surface area (Å²) in [6.45, 7) is 1.88. The SMILES string of the molecule is C[C@H](NCC(O)CO)c1cccc(F)c1. The van der Waals surface area contributed by atoms with E-state index in [0.29, 0.717) is 0 Å². The number of aliphatic hydroxyl groups excluding tert-OH is 2. The van der Waals surface area contributed by atoms with Gasteiger partial charge in [-0.3, -0.25) is 0 Å². The number of benzene rings is 1. The van der Waals surface area contributed by atoms with Crippen LogP contribution in [0.2, 0.25) is 0 Å². The van der Waals surface area contributed by atoms with E-state index in [2.05, 4.69) is 5.32 Å². The summed E-state index contributed by atoms with van der Waals surface area (Å²) < 4.78 is 12.9. The minimum Gasteiger partial charge on any atom is -0.394 e. The van der Waals surface area contributed by atoms with Gasteiger partial charge in [-0.15, -0.1) is 0 Å². The van der Waals surface area contributed by atoms with Crippen molar-refractivity contribution in [3.05, 3.63) is 35.6 Å². The van der Waals surface area contributed by atoms with Gasteiger partial charge in [-0.05, 0) is 24.6 Å². The standard InChI is InChI=1S/C11H16FNO2/c1-8(13-6-11(15)7-14)9-3-2-4-10(12)5-9/h2-5,8,11,13-15H,6-7H2,1H3/t8-,11?/m0/s1. The molecule has 0 aliphatic carbocycles. The quantitative estimate of drug-likeness (QED) is 0.679. The second-order valence-electron chi connectivity index (χ2n) is 3.52. The third kappa shape index (κ3) is 3.95. The van der Waals surface area contributed by atoms with Crippen LogP contribution in [0.4, 0.5) is 4.39 Å². The van der Waals surface area contributed by atoms with Gasteiger partial charge in [-0.25, -0.2) is 4.39 Å². The molecule has 84 valence electrons. The topological polar surface area (TPSA) is 52.5 Å². The van der Waals surface area contributed by atoms with E-state index in [1.165, 1.54) is 12.1 Å². The molecule has 3 nitrogen and oxygen atoms in total. The van der Waals surface area contributed by atoms with Gasteiger partial charge in [-0.1, -0.05) is 12.1 Å². The van der Waals surface area contributed by atoms with Gasteiger partial charge in [0.15, 0.2) is 0 Å². The smallest absolute Gasteiger partial charge is 0.123 e. The Bertz CT molecular complexity index is 306. The fraction of sp³-hybridized carbons (Fsp3) is 0.455. The van der Waals surface area contributed by atoms with Gasteiger partial charge in [0.1, 0.15) is 5.82 Å². The molecule has 2 atom stereocenters. The maximum Gasteiger partial charge on any atom is 0.123 e. The number of halogens is 1. The summed E-state index contributed by atoms with van der Waals surface area (Å²) in [6, 6.07) is 6.24. The number of hydrogen-bond acceptors (Lipinski definition) is 3. The van der Waals surface area contributed by atoms with Gasteiger partial charge in [-0.2, -0.15) is 0 Å². The first kappa shape index (κ1) is 12.1. The Morgan fingerprint density at radius 2 is 2.20 bits per heavy atom. The highest BCUT2D eigenvalue weighted by atomic mass is 19.1. The molecule has 0 fully saturated rings. The molecule has 0 bridgehead atoms. The molecule has 0 spiro atoms. The second-order valence-corrected chi connectivity index (χ2v) is 3.52. The highest BCUT2D eigenvalue weighted by Crippen LogP contribution is 2.12. The zero-order valence-electron chi connectivity index (χ0n) is 8.65. The Morgan fingerprint density at radius 3 is 2.80 bits per heavy atom. The molecule has 1 rings (SSSR count). The Kier molecular flexibility index (Phi) is 4.68. The van der Waals surface area contributed by atoms with E-state index in [9.17, 15) is 4.39 Å². The Hall–Kier alpha value is -0.970. The third-order valence-electron chi connectivity index (χ3n) is 2.22. The minimum atomic E-state index is -0.777. The van der Waals surface area contributed by atoms with Crippen molar-refractivity contribution < 1.29 is 14.6 Å². The average Bonchev–Trinajstić information content (AvgIpc) is 2.25. The van der Waals surface area contributed by atoms with Crippen molar-refractivity contribution in [3.63, 3.8) is 0 Å². The van der Waals surface area contributed by atoms with E-state index < -0.39 is 6.10 Å². The Balaban J connectivity index is 2.50. The molecule has 15 heavy (non-hydrogen) atoms. The molecule has 0 aliphatic rings. The normalized spacial score (nSPS) is 14.9. The lowest BCUT2D eigenvalue weighted by molar-refractivity contribution is 0.0924. The molecule has 0 amide bonds.